The van der Waals surface area contributed by atoms with Gasteiger partial charge in [-0.3, -0.25) is 9.89 Å². The fraction of sp³-hybridized carbons (Fsp3) is 0.522. The first kappa shape index (κ1) is 25.9. The largest absolute Gasteiger partial charge is 0.491 e. The molecule has 1 aliphatic heterocycles. The number of ether oxygens (including phenoxy) is 2. The minimum atomic E-state index is 0. The Morgan fingerprint density at radius 3 is 2.68 bits per heavy atom. The number of hydrogen-bond donors (Lipinski definition) is 2. The molecule has 1 fully saturated rings. The summed E-state index contributed by atoms with van der Waals surface area (Å²) in [6.45, 7) is 7.01. The molecule has 1 aromatic carbocycles. The third-order valence-electron chi connectivity index (χ3n) is 5.35. The van der Waals surface area contributed by atoms with E-state index in [1.807, 2.05) is 18.4 Å². The third-order valence-corrected chi connectivity index (χ3v) is 6.33. The van der Waals surface area contributed by atoms with Crippen molar-refractivity contribution in [2.24, 2.45) is 4.99 Å². The minimum Gasteiger partial charge on any atom is -0.491 e. The van der Waals surface area contributed by atoms with E-state index in [0.717, 1.165) is 23.8 Å². The molecule has 172 valence electrons. The molecule has 31 heavy (non-hydrogen) atoms. The van der Waals surface area contributed by atoms with Crippen molar-refractivity contribution in [3.8, 4) is 5.75 Å². The summed E-state index contributed by atoms with van der Waals surface area (Å²) < 4.78 is 11.0. The van der Waals surface area contributed by atoms with E-state index in [2.05, 4.69) is 63.2 Å². The molecule has 1 atom stereocenters. The molecule has 0 bridgehead atoms. The van der Waals surface area contributed by atoms with Crippen LogP contribution in [0, 0.1) is 6.92 Å². The van der Waals surface area contributed by atoms with Gasteiger partial charge in [-0.05, 0) is 55.9 Å². The molecule has 3 rings (SSSR count). The number of guanidine groups is 1. The number of thiophene rings is 1. The second-order valence-electron chi connectivity index (χ2n) is 7.53. The number of hydrogen-bond acceptors (Lipinski definition) is 5. The van der Waals surface area contributed by atoms with Crippen molar-refractivity contribution in [3.63, 3.8) is 0 Å². The highest BCUT2D eigenvalue weighted by Crippen LogP contribution is 2.27. The molecule has 0 aliphatic carbocycles. The smallest absolute Gasteiger partial charge is 0.191 e. The van der Waals surface area contributed by atoms with Crippen molar-refractivity contribution < 1.29 is 9.47 Å². The molecule has 2 heterocycles. The van der Waals surface area contributed by atoms with Crippen LogP contribution in [-0.4, -0.2) is 57.9 Å². The van der Waals surface area contributed by atoms with Crippen LogP contribution in [0.15, 0.2) is 40.7 Å². The summed E-state index contributed by atoms with van der Waals surface area (Å²) >= 11 is 1.83. The van der Waals surface area contributed by atoms with Gasteiger partial charge in [0.1, 0.15) is 12.4 Å². The van der Waals surface area contributed by atoms with Gasteiger partial charge in [-0.15, -0.1) is 35.3 Å². The highest BCUT2D eigenvalue weighted by atomic mass is 127. The maximum atomic E-state index is 5.91. The summed E-state index contributed by atoms with van der Waals surface area (Å²) in [5.74, 6) is 1.70. The zero-order valence-corrected chi connectivity index (χ0v) is 21.9. The van der Waals surface area contributed by atoms with E-state index in [9.17, 15) is 0 Å². The van der Waals surface area contributed by atoms with Crippen LogP contribution in [0.4, 0.5) is 0 Å². The lowest BCUT2D eigenvalue weighted by molar-refractivity contribution is 0.145. The maximum absolute atomic E-state index is 5.91. The van der Waals surface area contributed by atoms with Crippen LogP contribution < -0.4 is 15.4 Å². The van der Waals surface area contributed by atoms with Gasteiger partial charge in [-0.25, -0.2) is 0 Å². The molecule has 1 aliphatic rings. The van der Waals surface area contributed by atoms with Gasteiger partial charge in [0.15, 0.2) is 5.96 Å². The van der Waals surface area contributed by atoms with Crippen LogP contribution >= 0.6 is 35.3 Å². The molecule has 0 amide bonds. The quantitative estimate of drug-likeness (QED) is 0.198. The SMILES string of the molecule is CN=C(NCc1ccc(C)cc1OCCOC)NCC(c1cccs1)N1CCCC1.I. The topological polar surface area (TPSA) is 58.1 Å². The average Bonchev–Trinajstić information content (AvgIpc) is 3.47. The predicted octanol–water partition coefficient (Wildman–Crippen LogP) is 4.20. The summed E-state index contributed by atoms with van der Waals surface area (Å²) in [6, 6.07) is 11.1. The molecular formula is C23H35IN4O2S. The molecule has 1 saturated heterocycles. The van der Waals surface area contributed by atoms with Crippen LogP contribution in [0.2, 0.25) is 0 Å². The first-order valence-electron chi connectivity index (χ1n) is 10.6. The van der Waals surface area contributed by atoms with Crippen molar-refractivity contribution in [1.29, 1.82) is 0 Å². The summed E-state index contributed by atoms with van der Waals surface area (Å²) in [7, 11) is 3.50. The lowest BCUT2D eigenvalue weighted by atomic mass is 10.1. The molecule has 0 saturated carbocycles. The van der Waals surface area contributed by atoms with E-state index in [0.29, 0.717) is 25.8 Å². The van der Waals surface area contributed by atoms with Gasteiger partial charge >= 0.3 is 0 Å². The molecule has 6 nitrogen and oxygen atoms in total. The van der Waals surface area contributed by atoms with Crippen LogP contribution in [0.1, 0.15) is 34.9 Å². The lowest BCUT2D eigenvalue weighted by Gasteiger charge is -2.27. The maximum Gasteiger partial charge on any atom is 0.191 e. The van der Waals surface area contributed by atoms with E-state index in [4.69, 9.17) is 9.47 Å². The fourth-order valence-corrected chi connectivity index (χ4v) is 4.57. The lowest BCUT2D eigenvalue weighted by Crippen LogP contribution is -2.42. The second kappa shape index (κ2) is 13.9. The highest BCUT2D eigenvalue weighted by molar-refractivity contribution is 14.0. The van der Waals surface area contributed by atoms with Gasteiger partial charge < -0.3 is 20.1 Å². The zero-order chi connectivity index (χ0) is 21.2. The Morgan fingerprint density at radius 2 is 2.00 bits per heavy atom. The predicted molar refractivity (Wildman–Crippen MR) is 140 cm³/mol. The Bertz CT molecular complexity index is 795. The van der Waals surface area contributed by atoms with Gasteiger partial charge in [0.05, 0.1) is 12.6 Å². The van der Waals surface area contributed by atoms with Gasteiger partial charge in [0.2, 0.25) is 0 Å². The zero-order valence-electron chi connectivity index (χ0n) is 18.7. The molecular weight excluding hydrogens is 523 g/mol. The number of halogens is 1. The molecule has 0 radical (unpaired) electrons. The van der Waals surface area contributed by atoms with Crippen LogP contribution in [0.3, 0.4) is 0 Å². The van der Waals surface area contributed by atoms with Crippen molar-refractivity contribution >= 4 is 41.3 Å². The second-order valence-corrected chi connectivity index (χ2v) is 8.51. The number of benzene rings is 1. The van der Waals surface area contributed by atoms with Crippen molar-refractivity contribution in [3.05, 3.63) is 51.7 Å². The van der Waals surface area contributed by atoms with Crippen LogP contribution in [0.25, 0.3) is 0 Å². The molecule has 0 spiro atoms. The Kier molecular flexibility index (Phi) is 11.6. The Labute approximate surface area is 207 Å². The number of rotatable bonds is 10. The van der Waals surface area contributed by atoms with E-state index >= 15 is 0 Å². The van der Waals surface area contributed by atoms with Gasteiger partial charge in [0.25, 0.3) is 0 Å². The number of methoxy groups -OCH3 is 1. The van der Waals surface area contributed by atoms with Crippen molar-refractivity contribution in [1.82, 2.24) is 15.5 Å². The number of aryl methyl sites for hydroxylation is 1. The highest BCUT2D eigenvalue weighted by Gasteiger charge is 2.24. The minimum absolute atomic E-state index is 0. The fourth-order valence-electron chi connectivity index (χ4n) is 3.71. The molecule has 1 unspecified atom stereocenters. The first-order chi connectivity index (χ1) is 14.7. The van der Waals surface area contributed by atoms with Crippen LogP contribution in [0.5, 0.6) is 5.75 Å². The number of nitrogens with one attached hydrogen (secondary N) is 2. The normalized spacial score (nSPS) is 15.4. The van der Waals surface area contributed by atoms with E-state index in [-0.39, 0.29) is 24.0 Å². The average molecular weight is 559 g/mol. The standard InChI is InChI=1S/C23H34N4O2S.HI/c1-18-8-9-19(21(15-18)29-13-12-28-3)16-25-23(24-2)26-17-20(22-7-6-14-30-22)27-10-4-5-11-27;/h6-9,14-15,20H,4-5,10-13,16-17H2,1-3H3,(H2,24,25,26);1H. The van der Waals surface area contributed by atoms with Gasteiger partial charge in [0, 0.05) is 37.7 Å². The number of nitrogens with zero attached hydrogens (tertiary/aromatic N) is 2. The Hall–Kier alpha value is -1.36. The summed E-state index contributed by atoms with van der Waals surface area (Å²) in [5, 5.41) is 9.13. The molecule has 2 aromatic rings. The molecule has 1 aromatic heterocycles. The monoisotopic (exact) mass is 558 g/mol. The van der Waals surface area contributed by atoms with E-state index in [1.54, 1.807) is 7.11 Å². The van der Waals surface area contributed by atoms with Gasteiger partial charge in [-0.2, -0.15) is 0 Å². The van der Waals surface area contributed by atoms with Gasteiger partial charge in [-0.1, -0.05) is 18.2 Å². The third kappa shape index (κ3) is 7.93. The summed E-state index contributed by atoms with van der Waals surface area (Å²) in [4.78, 5) is 8.41. The molecule has 8 heteroatoms. The van der Waals surface area contributed by atoms with Crippen molar-refractivity contribution in [2.45, 2.75) is 32.4 Å². The summed E-state index contributed by atoms with van der Waals surface area (Å²) in [6.07, 6.45) is 2.57. The van der Waals surface area contributed by atoms with Crippen LogP contribution in [-0.2, 0) is 11.3 Å². The Balaban J connectivity index is 0.00000341. The van der Waals surface area contributed by atoms with E-state index in [1.165, 1.54) is 36.4 Å². The Morgan fingerprint density at radius 1 is 1.19 bits per heavy atom. The number of likely N-dealkylation sites (tertiary alicyclic amines) is 1. The molecule has 2 N–H and O–H groups in total. The first-order valence-corrected chi connectivity index (χ1v) is 11.5. The number of aliphatic imine (C=N–C) groups is 1. The van der Waals surface area contributed by atoms with Crippen molar-refractivity contribution in [2.75, 3.05) is 47.0 Å². The summed E-state index contributed by atoms with van der Waals surface area (Å²) in [5.41, 5.74) is 2.28. The van der Waals surface area contributed by atoms with E-state index < -0.39 is 0 Å².